The topological polar surface area (TPSA) is 30.3 Å². The van der Waals surface area contributed by atoms with E-state index in [0.717, 1.165) is 49.6 Å². The van der Waals surface area contributed by atoms with Gasteiger partial charge in [-0.3, -0.25) is 9.58 Å². The number of aryl methyl sites for hydroxylation is 1. The number of nitrogens with zero attached hydrogens (tertiary/aromatic N) is 3. The lowest BCUT2D eigenvalue weighted by Crippen LogP contribution is -2.22. The zero-order valence-electron chi connectivity index (χ0n) is 13.8. The summed E-state index contributed by atoms with van der Waals surface area (Å²) in [6, 6.07) is 14.7. The molecular weight excluding hydrogens is 318 g/mol. The van der Waals surface area contributed by atoms with Gasteiger partial charge >= 0.3 is 0 Å². The summed E-state index contributed by atoms with van der Waals surface area (Å²) in [5, 5.41) is 6.97. The van der Waals surface area contributed by atoms with Gasteiger partial charge in [-0.05, 0) is 48.2 Å². The fourth-order valence-electron chi connectivity index (χ4n) is 3.19. The van der Waals surface area contributed by atoms with Crippen LogP contribution in [0.15, 0.2) is 47.8 Å². The highest BCUT2D eigenvalue weighted by Gasteiger charge is 2.17. The lowest BCUT2D eigenvalue weighted by molar-refractivity contribution is 0.263. The van der Waals surface area contributed by atoms with Crippen LogP contribution in [0.1, 0.15) is 17.0 Å². The zero-order valence-corrected chi connectivity index (χ0v) is 14.6. The quantitative estimate of drug-likeness (QED) is 0.719. The monoisotopic (exact) mass is 339 g/mol. The summed E-state index contributed by atoms with van der Waals surface area (Å²) in [5.41, 5.74) is 3.49. The first-order chi connectivity index (χ1) is 11.8. The molecule has 24 heavy (non-hydrogen) atoms. The Bertz CT molecular complexity index is 793. The molecule has 0 aliphatic carbocycles. The second-order valence-electron chi connectivity index (χ2n) is 6.12. The van der Waals surface area contributed by atoms with Crippen LogP contribution in [-0.4, -0.2) is 28.3 Å². The van der Waals surface area contributed by atoms with Crippen molar-refractivity contribution in [1.29, 1.82) is 0 Å². The summed E-state index contributed by atoms with van der Waals surface area (Å²) < 4.78 is 7.41. The summed E-state index contributed by atoms with van der Waals surface area (Å²) in [6.45, 7) is 4.10. The van der Waals surface area contributed by atoms with Crippen molar-refractivity contribution in [3.05, 3.63) is 58.4 Å². The smallest absolute Gasteiger partial charge is 0.118 e. The molecule has 124 valence electrons. The number of thiophene rings is 1. The van der Waals surface area contributed by atoms with Crippen molar-refractivity contribution in [2.24, 2.45) is 0 Å². The molecule has 0 N–H and O–H groups in total. The molecule has 0 bridgehead atoms. The molecule has 0 fully saturated rings. The van der Waals surface area contributed by atoms with Crippen LogP contribution in [0.5, 0.6) is 5.75 Å². The predicted octanol–water partition coefficient (Wildman–Crippen LogP) is 4.03. The SMILES string of the molecule is COc1ccc(-c2cc3n(n2)CCCN(Cc2cccs2)C3)cc1. The highest BCUT2D eigenvalue weighted by molar-refractivity contribution is 7.09. The second kappa shape index (κ2) is 6.79. The third-order valence-electron chi connectivity index (χ3n) is 4.44. The molecule has 0 saturated carbocycles. The Hall–Kier alpha value is -2.11. The van der Waals surface area contributed by atoms with E-state index in [0.29, 0.717) is 0 Å². The van der Waals surface area contributed by atoms with E-state index in [4.69, 9.17) is 9.84 Å². The van der Waals surface area contributed by atoms with Crippen LogP contribution in [-0.2, 0) is 19.6 Å². The minimum absolute atomic E-state index is 0.877. The maximum atomic E-state index is 5.24. The van der Waals surface area contributed by atoms with Gasteiger partial charge in [0.1, 0.15) is 5.75 Å². The van der Waals surface area contributed by atoms with Gasteiger partial charge in [0.25, 0.3) is 0 Å². The van der Waals surface area contributed by atoms with Gasteiger partial charge in [0.2, 0.25) is 0 Å². The molecule has 3 heterocycles. The maximum Gasteiger partial charge on any atom is 0.118 e. The fraction of sp³-hybridized carbons (Fsp3) is 0.316. The molecule has 0 unspecified atom stereocenters. The van der Waals surface area contributed by atoms with Crippen LogP contribution < -0.4 is 4.74 Å². The number of hydrogen-bond acceptors (Lipinski definition) is 4. The summed E-state index contributed by atoms with van der Waals surface area (Å²) in [4.78, 5) is 3.95. The summed E-state index contributed by atoms with van der Waals surface area (Å²) in [6.07, 6.45) is 1.14. The van der Waals surface area contributed by atoms with E-state index in [1.165, 1.54) is 10.6 Å². The average molecular weight is 339 g/mol. The number of aromatic nitrogens is 2. The molecule has 0 spiro atoms. The molecule has 4 rings (SSSR count). The first kappa shape index (κ1) is 15.4. The van der Waals surface area contributed by atoms with E-state index in [1.807, 2.05) is 23.5 Å². The molecule has 0 radical (unpaired) electrons. The van der Waals surface area contributed by atoms with E-state index in [2.05, 4.69) is 45.3 Å². The molecule has 1 aliphatic heterocycles. The Kier molecular flexibility index (Phi) is 4.36. The normalized spacial score (nSPS) is 15.0. The summed E-state index contributed by atoms with van der Waals surface area (Å²) >= 11 is 1.83. The van der Waals surface area contributed by atoms with Crippen molar-refractivity contribution in [1.82, 2.24) is 14.7 Å². The Labute approximate surface area is 146 Å². The standard InChI is InChI=1S/C19H21N3OS/c1-23-17-7-5-15(6-8-17)19-12-16-13-21(9-3-10-22(16)20-19)14-18-4-2-11-24-18/h2,4-8,11-12H,3,9-10,13-14H2,1H3. The molecule has 0 atom stereocenters. The van der Waals surface area contributed by atoms with Gasteiger partial charge in [-0.25, -0.2) is 0 Å². The van der Waals surface area contributed by atoms with E-state index >= 15 is 0 Å². The van der Waals surface area contributed by atoms with E-state index < -0.39 is 0 Å². The number of rotatable bonds is 4. The molecule has 1 aromatic carbocycles. The van der Waals surface area contributed by atoms with Crippen molar-refractivity contribution < 1.29 is 4.74 Å². The molecule has 4 nitrogen and oxygen atoms in total. The highest BCUT2D eigenvalue weighted by atomic mass is 32.1. The average Bonchev–Trinajstić information content (AvgIpc) is 3.22. The summed E-state index contributed by atoms with van der Waals surface area (Å²) in [7, 11) is 1.69. The number of ether oxygens (including phenoxy) is 1. The van der Waals surface area contributed by atoms with Gasteiger partial charge in [0.05, 0.1) is 18.5 Å². The van der Waals surface area contributed by atoms with Crippen molar-refractivity contribution >= 4 is 11.3 Å². The fourth-order valence-corrected chi connectivity index (χ4v) is 3.94. The Balaban J connectivity index is 1.55. The van der Waals surface area contributed by atoms with Crippen molar-refractivity contribution in [2.45, 2.75) is 26.1 Å². The van der Waals surface area contributed by atoms with Crippen LogP contribution in [0.4, 0.5) is 0 Å². The first-order valence-corrected chi connectivity index (χ1v) is 9.16. The lowest BCUT2D eigenvalue weighted by Gasteiger charge is -2.18. The third-order valence-corrected chi connectivity index (χ3v) is 5.30. The van der Waals surface area contributed by atoms with Gasteiger partial charge < -0.3 is 4.74 Å². The minimum atomic E-state index is 0.877. The van der Waals surface area contributed by atoms with E-state index in [1.54, 1.807) is 7.11 Å². The van der Waals surface area contributed by atoms with Crippen LogP contribution in [0, 0.1) is 0 Å². The molecule has 1 aliphatic rings. The van der Waals surface area contributed by atoms with Gasteiger partial charge in [0.15, 0.2) is 0 Å². The Morgan fingerprint density at radius 2 is 2.04 bits per heavy atom. The highest BCUT2D eigenvalue weighted by Crippen LogP contribution is 2.25. The number of benzene rings is 1. The largest absolute Gasteiger partial charge is 0.497 e. The van der Waals surface area contributed by atoms with Crippen LogP contribution >= 0.6 is 11.3 Å². The van der Waals surface area contributed by atoms with Crippen LogP contribution in [0.25, 0.3) is 11.3 Å². The molecule has 0 saturated heterocycles. The Morgan fingerprint density at radius 3 is 2.79 bits per heavy atom. The Morgan fingerprint density at radius 1 is 1.17 bits per heavy atom. The third kappa shape index (κ3) is 3.23. The summed E-state index contributed by atoms with van der Waals surface area (Å²) in [5.74, 6) is 0.877. The second-order valence-corrected chi connectivity index (χ2v) is 7.15. The van der Waals surface area contributed by atoms with Gasteiger partial charge in [-0.2, -0.15) is 5.10 Å². The van der Waals surface area contributed by atoms with Crippen LogP contribution in [0.2, 0.25) is 0 Å². The van der Waals surface area contributed by atoms with Crippen LogP contribution in [0.3, 0.4) is 0 Å². The van der Waals surface area contributed by atoms with Gasteiger partial charge in [-0.15, -0.1) is 11.3 Å². The number of methoxy groups -OCH3 is 1. The van der Waals surface area contributed by atoms with Crippen molar-refractivity contribution in [3.63, 3.8) is 0 Å². The first-order valence-electron chi connectivity index (χ1n) is 8.28. The molecule has 2 aromatic heterocycles. The number of fused-ring (bicyclic) bond motifs is 1. The zero-order chi connectivity index (χ0) is 16.4. The molecule has 0 amide bonds. The lowest BCUT2D eigenvalue weighted by atomic mass is 10.1. The molecule has 3 aromatic rings. The van der Waals surface area contributed by atoms with E-state index in [9.17, 15) is 0 Å². The maximum absolute atomic E-state index is 5.24. The predicted molar refractivity (Wildman–Crippen MR) is 97.3 cm³/mol. The van der Waals surface area contributed by atoms with Gasteiger partial charge in [0, 0.05) is 36.6 Å². The minimum Gasteiger partial charge on any atom is -0.497 e. The molecular formula is C19H21N3OS. The molecule has 5 heteroatoms. The van der Waals surface area contributed by atoms with Crippen molar-refractivity contribution in [3.8, 4) is 17.0 Å². The van der Waals surface area contributed by atoms with Crippen molar-refractivity contribution in [2.75, 3.05) is 13.7 Å². The number of hydrogen-bond donors (Lipinski definition) is 0. The van der Waals surface area contributed by atoms with Gasteiger partial charge in [-0.1, -0.05) is 6.07 Å². The van der Waals surface area contributed by atoms with E-state index in [-0.39, 0.29) is 0 Å².